The van der Waals surface area contributed by atoms with Crippen LogP contribution >= 0.6 is 0 Å². The summed E-state index contributed by atoms with van der Waals surface area (Å²) in [6, 6.07) is 13.9. The van der Waals surface area contributed by atoms with E-state index in [2.05, 4.69) is 24.5 Å². The lowest BCUT2D eigenvalue weighted by Gasteiger charge is -2.13. The van der Waals surface area contributed by atoms with Crippen LogP contribution in [-0.4, -0.2) is 38.7 Å². The summed E-state index contributed by atoms with van der Waals surface area (Å²) >= 11 is 0. The Morgan fingerprint density at radius 3 is 2.57 bits per heavy atom. The van der Waals surface area contributed by atoms with Gasteiger partial charge in [-0.15, -0.1) is 0 Å². The third-order valence-corrected chi connectivity index (χ3v) is 3.91. The van der Waals surface area contributed by atoms with Crippen LogP contribution in [0.2, 0.25) is 0 Å². The van der Waals surface area contributed by atoms with Crippen molar-refractivity contribution >= 4 is 17.5 Å². The van der Waals surface area contributed by atoms with Crippen LogP contribution in [0.3, 0.4) is 0 Å². The van der Waals surface area contributed by atoms with Crippen molar-refractivity contribution in [3.05, 3.63) is 59.7 Å². The highest BCUT2D eigenvalue weighted by molar-refractivity contribution is 6.09. The molecule has 2 aromatic rings. The number of hydrogen-bond acceptors (Lipinski definition) is 4. The topological polar surface area (TPSA) is 76.7 Å². The van der Waals surface area contributed by atoms with Crippen LogP contribution in [0.4, 0.5) is 5.69 Å². The first-order valence-electron chi connectivity index (χ1n) is 9.41. The largest absolute Gasteiger partial charge is 0.493 e. The molecule has 2 aromatic carbocycles. The van der Waals surface area contributed by atoms with E-state index in [4.69, 9.17) is 9.47 Å². The first-order chi connectivity index (χ1) is 13.5. The fourth-order valence-electron chi connectivity index (χ4n) is 2.49. The lowest BCUT2D eigenvalue weighted by molar-refractivity contribution is 0.0949. The van der Waals surface area contributed by atoms with E-state index in [1.54, 1.807) is 49.6 Å². The lowest BCUT2D eigenvalue weighted by Crippen LogP contribution is -2.26. The van der Waals surface area contributed by atoms with Gasteiger partial charge in [0, 0.05) is 25.8 Å². The Hall–Kier alpha value is -2.86. The molecule has 6 heteroatoms. The van der Waals surface area contributed by atoms with E-state index < -0.39 is 0 Å². The Kier molecular flexibility index (Phi) is 8.49. The third kappa shape index (κ3) is 6.70. The summed E-state index contributed by atoms with van der Waals surface area (Å²) in [5.41, 5.74) is 1.35. The van der Waals surface area contributed by atoms with Crippen molar-refractivity contribution < 1.29 is 19.1 Å². The minimum Gasteiger partial charge on any atom is -0.493 e. The van der Waals surface area contributed by atoms with Crippen molar-refractivity contribution in [3.8, 4) is 5.75 Å². The summed E-state index contributed by atoms with van der Waals surface area (Å²) in [5.74, 6) is 0.507. The Morgan fingerprint density at radius 2 is 1.82 bits per heavy atom. The molecule has 0 aliphatic rings. The van der Waals surface area contributed by atoms with Gasteiger partial charge in [-0.3, -0.25) is 9.59 Å². The molecule has 6 nitrogen and oxygen atoms in total. The van der Waals surface area contributed by atoms with Crippen LogP contribution < -0.4 is 15.4 Å². The molecule has 2 N–H and O–H groups in total. The lowest BCUT2D eigenvalue weighted by atomic mass is 10.1. The summed E-state index contributed by atoms with van der Waals surface area (Å²) in [4.78, 5) is 25.1. The molecule has 0 saturated heterocycles. The quantitative estimate of drug-likeness (QED) is 0.612. The van der Waals surface area contributed by atoms with E-state index in [9.17, 15) is 9.59 Å². The average Bonchev–Trinajstić information content (AvgIpc) is 2.70. The second-order valence-electron chi connectivity index (χ2n) is 6.83. The zero-order valence-electron chi connectivity index (χ0n) is 16.7. The molecule has 150 valence electrons. The molecule has 0 atom stereocenters. The second-order valence-corrected chi connectivity index (χ2v) is 6.83. The zero-order chi connectivity index (χ0) is 20.4. The summed E-state index contributed by atoms with van der Waals surface area (Å²) in [6.07, 6.45) is 0.722. The van der Waals surface area contributed by atoms with Gasteiger partial charge in [-0.05, 0) is 42.7 Å². The molecule has 0 unspecified atom stereocenters. The summed E-state index contributed by atoms with van der Waals surface area (Å²) in [5, 5.41) is 5.65. The van der Waals surface area contributed by atoms with Gasteiger partial charge in [0.25, 0.3) is 11.8 Å². The Labute approximate surface area is 166 Å². The normalized spacial score (nSPS) is 10.6. The number of hydrogen-bond donors (Lipinski definition) is 2. The van der Waals surface area contributed by atoms with Crippen LogP contribution in [0, 0.1) is 5.92 Å². The standard InChI is InChI=1S/C22H28N2O4/c1-16(2)15-28-18-9-6-8-17(14-18)21(25)24-20-11-5-4-10-19(20)22(26)23-12-7-13-27-3/h4-6,8-11,14,16H,7,12-13,15H2,1-3H3,(H,23,26)(H,24,25). The molecule has 28 heavy (non-hydrogen) atoms. The maximum Gasteiger partial charge on any atom is 0.255 e. The van der Waals surface area contributed by atoms with E-state index in [0.717, 1.165) is 6.42 Å². The number of nitrogens with one attached hydrogen (secondary N) is 2. The number of methoxy groups -OCH3 is 1. The van der Waals surface area contributed by atoms with E-state index in [-0.39, 0.29) is 11.8 Å². The molecule has 2 rings (SSSR count). The van der Waals surface area contributed by atoms with E-state index in [1.807, 2.05) is 6.07 Å². The Balaban J connectivity index is 2.06. The predicted octanol–water partition coefficient (Wildman–Crippen LogP) is 3.74. The number of carbonyl (C=O) groups is 2. The van der Waals surface area contributed by atoms with Crippen molar-refractivity contribution in [3.63, 3.8) is 0 Å². The van der Waals surface area contributed by atoms with Gasteiger partial charge in [-0.2, -0.15) is 0 Å². The molecule has 0 heterocycles. The Bertz CT molecular complexity index is 790. The van der Waals surface area contributed by atoms with Gasteiger partial charge >= 0.3 is 0 Å². The molecule has 0 saturated carbocycles. The number of anilines is 1. The summed E-state index contributed by atoms with van der Waals surface area (Å²) in [7, 11) is 1.62. The minimum absolute atomic E-state index is 0.235. The smallest absolute Gasteiger partial charge is 0.255 e. The first-order valence-corrected chi connectivity index (χ1v) is 9.41. The van der Waals surface area contributed by atoms with Gasteiger partial charge in [0.1, 0.15) is 5.75 Å². The molecule has 0 aliphatic carbocycles. The molecule has 0 aliphatic heterocycles. The molecular weight excluding hydrogens is 356 g/mol. The van der Waals surface area contributed by atoms with Crippen molar-refractivity contribution in [2.75, 3.05) is 32.2 Å². The van der Waals surface area contributed by atoms with Crippen LogP contribution in [-0.2, 0) is 4.74 Å². The molecule has 0 aromatic heterocycles. The van der Waals surface area contributed by atoms with Gasteiger partial charge in [0.15, 0.2) is 0 Å². The van der Waals surface area contributed by atoms with Crippen LogP contribution in [0.15, 0.2) is 48.5 Å². The van der Waals surface area contributed by atoms with Crippen LogP contribution in [0.25, 0.3) is 0 Å². The predicted molar refractivity (Wildman–Crippen MR) is 110 cm³/mol. The highest BCUT2D eigenvalue weighted by Crippen LogP contribution is 2.19. The molecule has 2 amide bonds. The zero-order valence-corrected chi connectivity index (χ0v) is 16.7. The van der Waals surface area contributed by atoms with Crippen molar-refractivity contribution in [2.24, 2.45) is 5.92 Å². The summed E-state index contributed by atoms with van der Waals surface area (Å²) in [6.45, 7) is 5.79. The van der Waals surface area contributed by atoms with Crippen LogP contribution in [0.1, 0.15) is 41.0 Å². The number of para-hydroxylation sites is 1. The molecular formula is C22H28N2O4. The third-order valence-electron chi connectivity index (χ3n) is 3.91. The maximum atomic E-state index is 12.7. The van der Waals surface area contributed by atoms with Gasteiger partial charge in [0.05, 0.1) is 17.9 Å². The summed E-state index contributed by atoms with van der Waals surface area (Å²) < 4.78 is 10.7. The van der Waals surface area contributed by atoms with Gasteiger partial charge < -0.3 is 20.1 Å². The molecule has 0 bridgehead atoms. The fourth-order valence-corrected chi connectivity index (χ4v) is 2.49. The number of amides is 2. The minimum atomic E-state index is -0.297. The van der Waals surface area contributed by atoms with E-state index in [1.165, 1.54) is 0 Å². The number of benzene rings is 2. The maximum absolute atomic E-state index is 12.7. The van der Waals surface area contributed by atoms with Gasteiger partial charge in [-0.25, -0.2) is 0 Å². The number of ether oxygens (including phenoxy) is 2. The van der Waals surface area contributed by atoms with Gasteiger partial charge in [0.2, 0.25) is 0 Å². The average molecular weight is 384 g/mol. The first kappa shape index (κ1) is 21.4. The monoisotopic (exact) mass is 384 g/mol. The van der Waals surface area contributed by atoms with Crippen LogP contribution in [0.5, 0.6) is 5.75 Å². The molecule has 0 spiro atoms. The number of rotatable bonds is 10. The van der Waals surface area contributed by atoms with E-state index >= 15 is 0 Å². The number of carbonyl (C=O) groups excluding carboxylic acids is 2. The molecule has 0 radical (unpaired) electrons. The van der Waals surface area contributed by atoms with Crippen molar-refractivity contribution in [1.82, 2.24) is 5.32 Å². The Morgan fingerprint density at radius 1 is 1.04 bits per heavy atom. The highest BCUT2D eigenvalue weighted by atomic mass is 16.5. The highest BCUT2D eigenvalue weighted by Gasteiger charge is 2.14. The molecule has 0 fully saturated rings. The van der Waals surface area contributed by atoms with E-state index in [0.29, 0.717) is 48.2 Å². The SMILES string of the molecule is COCCCNC(=O)c1ccccc1NC(=O)c1cccc(OCC(C)C)c1. The fraction of sp³-hybridized carbons (Fsp3) is 0.364. The van der Waals surface area contributed by atoms with Crippen molar-refractivity contribution in [2.45, 2.75) is 20.3 Å². The van der Waals surface area contributed by atoms with Gasteiger partial charge in [-0.1, -0.05) is 32.0 Å². The van der Waals surface area contributed by atoms with Crippen molar-refractivity contribution in [1.29, 1.82) is 0 Å². The second kappa shape index (κ2) is 11.1.